The van der Waals surface area contributed by atoms with Crippen LogP contribution in [0.15, 0.2) is 0 Å². The van der Waals surface area contributed by atoms with Crippen LogP contribution in [0.1, 0.15) is 0 Å². The second kappa shape index (κ2) is 15.9. The van der Waals surface area contributed by atoms with Crippen LogP contribution < -0.4 is 118 Å². The zero-order chi connectivity index (χ0) is 4.50. The van der Waals surface area contributed by atoms with Crippen LogP contribution in [0.3, 0.4) is 0 Å². The Hall–Kier alpha value is 5.40. The van der Waals surface area contributed by atoms with E-state index in [2.05, 4.69) is 50.5 Å². The van der Waals surface area contributed by atoms with E-state index in [4.69, 9.17) is 0 Å². The molecule has 0 aromatic rings. The predicted octanol–water partition coefficient (Wildman–Crippen LogP) is -12.2. The van der Waals surface area contributed by atoms with Gasteiger partial charge in [-0.15, -0.1) is 0 Å². The molecule has 0 saturated carbocycles. The van der Waals surface area contributed by atoms with Gasteiger partial charge in [-0.3, -0.25) is 0 Å². The van der Waals surface area contributed by atoms with Crippen LogP contribution in [0.4, 0.5) is 0 Å². The zero-order valence-corrected chi connectivity index (χ0v) is 17.4. The van der Waals surface area contributed by atoms with Crippen molar-refractivity contribution in [2.75, 3.05) is 0 Å². The zero-order valence-electron chi connectivity index (χ0n) is 6.13. The van der Waals surface area contributed by atoms with Crippen molar-refractivity contribution >= 4 is 50.5 Å². The van der Waals surface area contributed by atoms with E-state index >= 15 is 0 Å². The third-order valence-corrected chi connectivity index (χ3v) is 0. The van der Waals surface area contributed by atoms with E-state index in [1.165, 1.54) is 0 Å². The molecule has 0 saturated heterocycles. The third-order valence-electron chi connectivity index (χ3n) is 0. The summed E-state index contributed by atoms with van der Waals surface area (Å²) in [5.41, 5.74) is 0. The second-order valence-electron chi connectivity index (χ2n) is 0.500. The molecule has 0 bridgehead atoms. The molecular formula is CNa4S4. The topological polar surface area (TPSA) is 0 Å². The maximum Gasteiger partial charge on any atom is 1.00 e. The summed E-state index contributed by atoms with van der Waals surface area (Å²) in [4.78, 5) is 0. The molecule has 32 valence electrons. The summed E-state index contributed by atoms with van der Waals surface area (Å²) in [5, 5.41) is 0. The number of hydrogen-bond acceptors (Lipinski definition) is 4. The molecule has 8 heteroatoms. The molecule has 0 nitrogen and oxygen atoms in total. The van der Waals surface area contributed by atoms with Gasteiger partial charge in [0.15, 0.2) is 0 Å². The Morgan fingerprint density at radius 2 is 0.556 bits per heavy atom. The first-order chi connectivity index (χ1) is 2.00. The van der Waals surface area contributed by atoms with Crippen molar-refractivity contribution in [1.29, 1.82) is 0 Å². The summed E-state index contributed by atoms with van der Waals surface area (Å²) in [7, 11) is 0. The van der Waals surface area contributed by atoms with Gasteiger partial charge in [0.1, 0.15) is 0 Å². The first kappa shape index (κ1) is 29.3. The van der Waals surface area contributed by atoms with Gasteiger partial charge in [-0.2, -0.15) is 0 Å². The van der Waals surface area contributed by atoms with Crippen molar-refractivity contribution in [3.63, 3.8) is 0 Å². The number of hydrogen-bond donors (Lipinski definition) is 0. The van der Waals surface area contributed by atoms with E-state index in [9.17, 15) is 0 Å². The molecule has 0 rings (SSSR count). The Kier molecular flexibility index (Phi) is 51.5. The second-order valence-corrected chi connectivity index (χ2v) is 4.50. The normalized spacial score (nSPS) is 6.67. The van der Waals surface area contributed by atoms with E-state index in [0.29, 0.717) is 0 Å². The molecule has 0 atom stereocenters. The molecule has 0 unspecified atom stereocenters. The molecule has 0 amide bonds. The molecule has 0 aliphatic heterocycles. The Morgan fingerprint density at radius 1 is 0.556 bits per heavy atom. The van der Waals surface area contributed by atoms with Gasteiger partial charge >= 0.3 is 118 Å². The van der Waals surface area contributed by atoms with Crippen LogP contribution >= 0.6 is 0 Å². The molecule has 0 aromatic carbocycles. The van der Waals surface area contributed by atoms with Gasteiger partial charge in [0, 0.05) is 0 Å². The van der Waals surface area contributed by atoms with E-state index in [1.807, 2.05) is 0 Å². The fraction of sp³-hybridized carbons (Fsp3) is 1.00. The SMILES string of the molecule is [Na+].[Na+].[Na+].[Na+].[S-]C([S-])([S-])[S-]. The molecule has 0 spiro atoms. The minimum atomic E-state index is -1.17. The largest absolute Gasteiger partial charge is 1.00 e. The van der Waals surface area contributed by atoms with E-state index < -0.39 is 2.74 Å². The molecule has 9 heavy (non-hydrogen) atoms. The first-order valence-corrected chi connectivity index (χ1v) is 2.45. The maximum absolute atomic E-state index is 4.27. The molecule has 0 aliphatic rings. The van der Waals surface area contributed by atoms with E-state index in [1.54, 1.807) is 0 Å². The summed E-state index contributed by atoms with van der Waals surface area (Å²) in [6, 6.07) is 0. The molecule has 0 aliphatic carbocycles. The van der Waals surface area contributed by atoms with Gasteiger partial charge in [0.05, 0.1) is 0 Å². The van der Waals surface area contributed by atoms with Crippen LogP contribution in [-0.2, 0) is 50.5 Å². The van der Waals surface area contributed by atoms with E-state index in [-0.39, 0.29) is 118 Å². The van der Waals surface area contributed by atoms with Crippen LogP contribution in [0, 0.1) is 0 Å². The van der Waals surface area contributed by atoms with Crippen molar-refractivity contribution < 1.29 is 118 Å². The van der Waals surface area contributed by atoms with Crippen molar-refractivity contribution in [3.05, 3.63) is 0 Å². The van der Waals surface area contributed by atoms with Crippen molar-refractivity contribution in [1.82, 2.24) is 0 Å². The average Bonchev–Trinajstić information content (AvgIpc) is 0.722. The van der Waals surface area contributed by atoms with Crippen molar-refractivity contribution in [2.24, 2.45) is 0 Å². The standard InChI is InChI=1S/CH4S4.4Na/c2-1(3,4)5;;;;/h2-5H;;;;/q;4*+1/p-4. The summed E-state index contributed by atoms with van der Waals surface area (Å²) in [5.74, 6) is 0. The monoisotopic (exact) mass is 232 g/mol. The molecule has 0 heterocycles. The molecule has 0 aromatic heterocycles. The third kappa shape index (κ3) is 59.7. The Morgan fingerprint density at radius 3 is 0.556 bits per heavy atom. The maximum atomic E-state index is 4.27. The summed E-state index contributed by atoms with van der Waals surface area (Å²) in [6.45, 7) is 0. The average molecular weight is 232 g/mol. The fourth-order valence-corrected chi connectivity index (χ4v) is 0. The molecule has 0 fully saturated rings. The smallest absolute Gasteiger partial charge is 0.860 e. The van der Waals surface area contributed by atoms with Crippen LogP contribution in [0.25, 0.3) is 0 Å². The van der Waals surface area contributed by atoms with E-state index in [0.717, 1.165) is 0 Å². The molecule has 0 N–H and O–H groups in total. The van der Waals surface area contributed by atoms with Gasteiger partial charge in [0.2, 0.25) is 0 Å². The summed E-state index contributed by atoms with van der Waals surface area (Å²) in [6.07, 6.45) is 0. The quantitative estimate of drug-likeness (QED) is 0.300. The van der Waals surface area contributed by atoms with Crippen molar-refractivity contribution in [3.8, 4) is 0 Å². The Labute approximate surface area is 167 Å². The van der Waals surface area contributed by atoms with Gasteiger partial charge in [-0.05, 0) is 0 Å². The summed E-state index contributed by atoms with van der Waals surface area (Å²) < 4.78 is -1.17. The fourth-order valence-electron chi connectivity index (χ4n) is 0. The van der Waals surface area contributed by atoms with Crippen LogP contribution in [0.5, 0.6) is 0 Å². The predicted molar refractivity (Wildman–Crippen MR) is 32.2 cm³/mol. The molecular weight excluding hydrogens is 232 g/mol. The minimum Gasteiger partial charge on any atom is -0.860 e. The van der Waals surface area contributed by atoms with Gasteiger partial charge in [-0.1, -0.05) is 0 Å². The van der Waals surface area contributed by atoms with Crippen LogP contribution in [0.2, 0.25) is 0 Å². The number of rotatable bonds is 0. The molecule has 0 radical (unpaired) electrons. The van der Waals surface area contributed by atoms with Crippen LogP contribution in [-0.4, -0.2) is 2.74 Å². The van der Waals surface area contributed by atoms with Gasteiger partial charge in [0.25, 0.3) is 0 Å². The Balaban J connectivity index is -0.0000000133. The van der Waals surface area contributed by atoms with Gasteiger partial charge in [-0.25, -0.2) is 0 Å². The van der Waals surface area contributed by atoms with Gasteiger partial charge < -0.3 is 53.3 Å². The van der Waals surface area contributed by atoms with Crippen molar-refractivity contribution in [2.45, 2.75) is 2.74 Å². The first-order valence-electron chi connectivity index (χ1n) is 0.816. The summed E-state index contributed by atoms with van der Waals surface area (Å²) >= 11 is 17.1. The minimum absolute atomic E-state index is 0. The Bertz CT molecular complexity index is 28.0.